The zero-order valence-electron chi connectivity index (χ0n) is 9.86. The number of ether oxygens (including phenoxy) is 1. The SMILES string of the molecule is CC(C)(C)OC(=O)n1cnc(C2(N)CC2)c1. The molecule has 0 bridgehead atoms. The molecule has 2 N–H and O–H groups in total. The van der Waals surface area contributed by atoms with Crippen LogP contribution in [-0.4, -0.2) is 21.2 Å². The monoisotopic (exact) mass is 223 g/mol. The summed E-state index contributed by atoms with van der Waals surface area (Å²) < 4.78 is 6.55. The summed E-state index contributed by atoms with van der Waals surface area (Å²) in [4.78, 5) is 15.8. The second kappa shape index (κ2) is 3.31. The molecule has 1 aromatic rings. The first-order valence-corrected chi connectivity index (χ1v) is 5.37. The van der Waals surface area contributed by atoms with Gasteiger partial charge in [0.25, 0.3) is 0 Å². The van der Waals surface area contributed by atoms with Gasteiger partial charge in [-0.3, -0.25) is 0 Å². The van der Waals surface area contributed by atoms with E-state index < -0.39 is 11.7 Å². The Morgan fingerprint density at radius 1 is 1.56 bits per heavy atom. The second-order valence-corrected chi connectivity index (χ2v) is 5.30. The van der Waals surface area contributed by atoms with Crippen LogP contribution in [0.1, 0.15) is 39.3 Å². The van der Waals surface area contributed by atoms with E-state index >= 15 is 0 Å². The lowest BCUT2D eigenvalue weighted by atomic mass is 10.2. The molecule has 2 rings (SSSR count). The van der Waals surface area contributed by atoms with E-state index in [1.807, 2.05) is 20.8 Å². The first kappa shape index (κ1) is 11.1. The van der Waals surface area contributed by atoms with Gasteiger partial charge in [-0.2, -0.15) is 0 Å². The fourth-order valence-corrected chi connectivity index (χ4v) is 1.39. The van der Waals surface area contributed by atoms with Crippen molar-refractivity contribution in [3.05, 3.63) is 18.2 Å². The van der Waals surface area contributed by atoms with E-state index in [4.69, 9.17) is 10.5 Å². The van der Waals surface area contributed by atoms with Crippen LogP contribution in [0.25, 0.3) is 0 Å². The Balaban J connectivity index is 2.10. The molecular formula is C11H17N3O2. The molecular weight excluding hydrogens is 206 g/mol. The number of carbonyl (C=O) groups is 1. The van der Waals surface area contributed by atoms with Gasteiger partial charge in [-0.05, 0) is 33.6 Å². The summed E-state index contributed by atoms with van der Waals surface area (Å²) >= 11 is 0. The minimum atomic E-state index is -0.499. The molecule has 5 nitrogen and oxygen atoms in total. The van der Waals surface area contributed by atoms with E-state index in [9.17, 15) is 4.79 Å². The molecule has 88 valence electrons. The van der Waals surface area contributed by atoms with Gasteiger partial charge in [0.05, 0.1) is 11.2 Å². The molecule has 1 heterocycles. The Hall–Kier alpha value is -1.36. The summed E-state index contributed by atoms with van der Waals surface area (Å²) in [6.45, 7) is 5.48. The van der Waals surface area contributed by atoms with Crippen molar-refractivity contribution in [1.82, 2.24) is 9.55 Å². The molecule has 0 radical (unpaired) electrons. The van der Waals surface area contributed by atoms with Gasteiger partial charge in [0.2, 0.25) is 0 Å². The highest BCUT2D eigenvalue weighted by Crippen LogP contribution is 2.41. The summed E-state index contributed by atoms with van der Waals surface area (Å²) in [7, 11) is 0. The van der Waals surface area contributed by atoms with Crippen molar-refractivity contribution in [3.8, 4) is 0 Å². The highest BCUT2D eigenvalue weighted by molar-refractivity contribution is 5.70. The Morgan fingerprint density at radius 2 is 2.19 bits per heavy atom. The van der Waals surface area contributed by atoms with Crippen LogP contribution in [-0.2, 0) is 10.3 Å². The molecule has 1 aliphatic rings. The maximum absolute atomic E-state index is 11.7. The van der Waals surface area contributed by atoms with E-state index in [2.05, 4.69) is 4.98 Å². The van der Waals surface area contributed by atoms with Crippen LogP contribution in [0.3, 0.4) is 0 Å². The average molecular weight is 223 g/mol. The van der Waals surface area contributed by atoms with Crippen LogP contribution in [0.15, 0.2) is 12.5 Å². The number of aromatic nitrogens is 2. The predicted molar refractivity (Wildman–Crippen MR) is 59.0 cm³/mol. The number of hydrogen-bond donors (Lipinski definition) is 1. The molecule has 0 unspecified atom stereocenters. The highest BCUT2D eigenvalue weighted by atomic mass is 16.6. The fourth-order valence-electron chi connectivity index (χ4n) is 1.39. The quantitative estimate of drug-likeness (QED) is 0.785. The Morgan fingerprint density at radius 3 is 2.69 bits per heavy atom. The van der Waals surface area contributed by atoms with Crippen molar-refractivity contribution in [2.75, 3.05) is 0 Å². The maximum Gasteiger partial charge on any atom is 0.419 e. The largest absolute Gasteiger partial charge is 0.443 e. The summed E-state index contributed by atoms with van der Waals surface area (Å²) in [5.41, 5.74) is 5.93. The van der Waals surface area contributed by atoms with Gasteiger partial charge in [0.15, 0.2) is 0 Å². The molecule has 0 amide bonds. The van der Waals surface area contributed by atoms with Crippen LogP contribution in [0.2, 0.25) is 0 Å². The number of hydrogen-bond acceptors (Lipinski definition) is 4. The molecule has 1 fully saturated rings. The van der Waals surface area contributed by atoms with Crippen molar-refractivity contribution in [1.29, 1.82) is 0 Å². The zero-order valence-corrected chi connectivity index (χ0v) is 9.86. The van der Waals surface area contributed by atoms with Crippen molar-refractivity contribution in [2.45, 2.75) is 44.8 Å². The van der Waals surface area contributed by atoms with E-state index in [1.54, 1.807) is 6.20 Å². The predicted octanol–water partition coefficient (Wildman–Crippen LogP) is 1.61. The normalized spacial score (nSPS) is 18.2. The second-order valence-electron chi connectivity index (χ2n) is 5.30. The number of nitrogens with zero attached hydrogens (tertiary/aromatic N) is 2. The first-order valence-electron chi connectivity index (χ1n) is 5.37. The third kappa shape index (κ3) is 2.24. The van der Waals surface area contributed by atoms with E-state index in [0.29, 0.717) is 0 Å². The van der Waals surface area contributed by atoms with Gasteiger partial charge < -0.3 is 10.5 Å². The highest BCUT2D eigenvalue weighted by Gasteiger charge is 2.42. The van der Waals surface area contributed by atoms with Crippen molar-refractivity contribution in [2.24, 2.45) is 5.73 Å². The molecule has 1 aromatic heterocycles. The molecule has 0 aromatic carbocycles. The van der Waals surface area contributed by atoms with Gasteiger partial charge in [-0.1, -0.05) is 0 Å². The lowest BCUT2D eigenvalue weighted by molar-refractivity contribution is 0.0536. The smallest absolute Gasteiger partial charge is 0.419 e. The Kier molecular flexibility index (Phi) is 2.31. The van der Waals surface area contributed by atoms with Crippen molar-refractivity contribution < 1.29 is 9.53 Å². The lowest BCUT2D eigenvalue weighted by Crippen LogP contribution is -2.26. The third-order valence-electron chi connectivity index (χ3n) is 2.49. The molecule has 0 atom stereocenters. The van der Waals surface area contributed by atoms with Gasteiger partial charge in [-0.15, -0.1) is 0 Å². The molecule has 1 aliphatic carbocycles. The minimum Gasteiger partial charge on any atom is -0.443 e. The number of imidazole rings is 1. The van der Waals surface area contributed by atoms with E-state index in [-0.39, 0.29) is 5.54 Å². The summed E-state index contributed by atoms with van der Waals surface area (Å²) in [6.07, 6.45) is 4.55. The fraction of sp³-hybridized carbons (Fsp3) is 0.636. The van der Waals surface area contributed by atoms with Crippen molar-refractivity contribution >= 4 is 6.09 Å². The maximum atomic E-state index is 11.7. The van der Waals surface area contributed by atoms with Gasteiger partial charge in [-0.25, -0.2) is 14.3 Å². The van der Waals surface area contributed by atoms with Crippen LogP contribution in [0, 0.1) is 0 Å². The summed E-state index contributed by atoms with van der Waals surface area (Å²) in [5.74, 6) is 0. The van der Waals surface area contributed by atoms with Crippen molar-refractivity contribution in [3.63, 3.8) is 0 Å². The topological polar surface area (TPSA) is 70.1 Å². The standard InChI is InChI=1S/C11H17N3O2/c1-10(2,3)16-9(15)14-6-8(13-7-14)11(12)4-5-11/h6-7H,4-5,12H2,1-3H3. The summed E-state index contributed by atoms with van der Waals surface area (Å²) in [6, 6.07) is 0. The van der Waals surface area contributed by atoms with Crippen LogP contribution in [0.4, 0.5) is 4.79 Å². The molecule has 1 saturated carbocycles. The number of nitrogens with two attached hydrogens (primary N) is 1. The molecule has 0 saturated heterocycles. The third-order valence-corrected chi connectivity index (χ3v) is 2.49. The van der Waals surface area contributed by atoms with Crippen LogP contribution in [0.5, 0.6) is 0 Å². The Bertz CT molecular complexity index is 413. The van der Waals surface area contributed by atoms with Crippen LogP contribution >= 0.6 is 0 Å². The first-order chi connectivity index (χ1) is 7.30. The lowest BCUT2D eigenvalue weighted by Gasteiger charge is -2.19. The molecule has 5 heteroatoms. The molecule has 16 heavy (non-hydrogen) atoms. The van der Waals surface area contributed by atoms with E-state index in [0.717, 1.165) is 18.5 Å². The zero-order chi connectivity index (χ0) is 12.0. The number of rotatable bonds is 1. The van der Waals surface area contributed by atoms with E-state index in [1.165, 1.54) is 10.9 Å². The van der Waals surface area contributed by atoms with Gasteiger partial charge in [0, 0.05) is 6.20 Å². The average Bonchev–Trinajstić information content (AvgIpc) is 2.71. The van der Waals surface area contributed by atoms with Gasteiger partial charge >= 0.3 is 6.09 Å². The van der Waals surface area contributed by atoms with Gasteiger partial charge in [0.1, 0.15) is 11.9 Å². The number of carbonyl (C=O) groups excluding carboxylic acids is 1. The molecule has 0 spiro atoms. The van der Waals surface area contributed by atoms with Crippen LogP contribution < -0.4 is 5.73 Å². The Labute approximate surface area is 94.6 Å². The summed E-state index contributed by atoms with van der Waals surface area (Å²) in [5, 5.41) is 0. The molecule has 0 aliphatic heterocycles. The minimum absolute atomic E-state index is 0.312.